The number of nitrogens with zero attached hydrogens (tertiary/aromatic N) is 1. The molecule has 3 nitrogen and oxygen atoms in total. The maximum absolute atomic E-state index is 7.28. The molecule has 1 aromatic heterocycles. The highest BCUT2D eigenvalue weighted by atomic mass is 16.5. The van der Waals surface area contributed by atoms with Crippen LogP contribution in [-0.4, -0.2) is 6.04 Å². The first kappa shape index (κ1) is 39.6. The third-order valence-electron chi connectivity index (χ3n) is 16.4. The Labute approximate surface area is 407 Å². The van der Waals surface area contributed by atoms with E-state index in [2.05, 4.69) is 225 Å². The van der Waals surface area contributed by atoms with Crippen LogP contribution < -0.4 is 9.64 Å². The molecule has 0 saturated carbocycles. The second-order valence-corrected chi connectivity index (χ2v) is 20.2. The van der Waals surface area contributed by atoms with Crippen LogP contribution in [0.25, 0.3) is 71.3 Å². The van der Waals surface area contributed by atoms with Gasteiger partial charge in [0, 0.05) is 49.5 Å². The fraction of sp³-hybridized carbons (Fsp3) is 0.104. The van der Waals surface area contributed by atoms with Gasteiger partial charge in [0.25, 0.3) is 0 Å². The maximum Gasteiger partial charge on any atom is 0.140 e. The molecule has 332 valence electrons. The van der Waals surface area contributed by atoms with Crippen LogP contribution >= 0.6 is 0 Å². The first-order valence-corrected chi connectivity index (χ1v) is 24.7. The summed E-state index contributed by atoms with van der Waals surface area (Å²) in [7, 11) is 0. The molecule has 3 aliphatic carbocycles. The predicted molar refractivity (Wildman–Crippen MR) is 289 cm³/mol. The second-order valence-electron chi connectivity index (χ2n) is 20.2. The molecule has 1 aliphatic heterocycles. The van der Waals surface area contributed by atoms with E-state index in [1.807, 2.05) is 12.1 Å². The smallest absolute Gasteiger partial charge is 0.140 e. The minimum absolute atomic E-state index is 0.0438. The van der Waals surface area contributed by atoms with Crippen LogP contribution in [0.5, 0.6) is 11.5 Å². The molecule has 1 unspecified atom stereocenters. The van der Waals surface area contributed by atoms with E-state index in [4.69, 9.17) is 9.15 Å². The molecule has 10 aromatic carbocycles. The summed E-state index contributed by atoms with van der Waals surface area (Å²) in [6.45, 7) is 4.73. The molecule has 70 heavy (non-hydrogen) atoms. The minimum atomic E-state index is -0.593. The number of rotatable bonds is 4. The molecule has 2 heterocycles. The molecule has 0 saturated heterocycles. The first-order chi connectivity index (χ1) is 34.4. The van der Waals surface area contributed by atoms with Crippen LogP contribution in [0.2, 0.25) is 0 Å². The first-order valence-electron chi connectivity index (χ1n) is 24.7. The van der Waals surface area contributed by atoms with E-state index in [1.54, 1.807) is 0 Å². The van der Waals surface area contributed by atoms with Crippen LogP contribution in [0, 0.1) is 0 Å². The van der Waals surface area contributed by atoms with Gasteiger partial charge in [-0.2, -0.15) is 0 Å². The van der Waals surface area contributed by atoms with Gasteiger partial charge < -0.3 is 14.1 Å². The van der Waals surface area contributed by atoms with Gasteiger partial charge in [-0.15, -0.1) is 0 Å². The molecule has 11 aromatic rings. The summed E-state index contributed by atoms with van der Waals surface area (Å²) in [5, 5.41) is 6.90. The Kier molecular flexibility index (Phi) is 8.23. The summed E-state index contributed by atoms with van der Waals surface area (Å²) in [5.41, 5.74) is 19.0. The van der Waals surface area contributed by atoms with E-state index in [0.29, 0.717) is 0 Å². The zero-order valence-corrected chi connectivity index (χ0v) is 39.0. The Morgan fingerprint density at radius 2 is 1.04 bits per heavy atom. The van der Waals surface area contributed by atoms with Gasteiger partial charge in [0.15, 0.2) is 0 Å². The third kappa shape index (κ3) is 5.40. The average Bonchev–Trinajstić information content (AvgIpc) is 3.92. The molecule has 1 spiro atoms. The van der Waals surface area contributed by atoms with E-state index >= 15 is 0 Å². The molecule has 1 atom stereocenters. The fourth-order valence-electron chi connectivity index (χ4n) is 13.1. The van der Waals surface area contributed by atoms with Crippen molar-refractivity contribution < 1.29 is 9.15 Å². The molecule has 0 N–H and O–H groups in total. The van der Waals surface area contributed by atoms with E-state index in [-0.39, 0.29) is 11.5 Å². The summed E-state index contributed by atoms with van der Waals surface area (Å²) >= 11 is 0. The number of anilines is 2. The van der Waals surface area contributed by atoms with Crippen molar-refractivity contribution in [1.82, 2.24) is 0 Å². The van der Waals surface area contributed by atoms with Gasteiger partial charge in [-0.05, 0) is 122 Å². The van der Waals surface area contributed by atoms with Crippen molar-refractivity contribution in [3.8, 4) is 33.8 Å². The lowest BCUT2D eigenvalue weighted by atomic mass is 9.64. The second kappa shape index (κ2) is 14.6. The molecule has 0 bridgehead atoms. The number of allylic oxidation sites excluding steroid dienone is 3. The van der Waals surface area contributed by atoms with Crippen molar-refractivity contribution in [1.29, 1.82) is 0 Å². The maximum atomic E-state index is 7.28. The summed E-state index contributed by atoms with van der Waals surface area (Å²) in [4.78, 5) is 2.60. The van der Waals surface area contributed by atoms with Crippen molar-refractivity contribution in [2.24, 2.45) is 0 Å². The summed E-state index contributed by atoms with van der Waals surface area (Å²) < 4.78 is 13.6. The Morgan fingerprint density at radius 1 is 0.457 bits per heavy atom. The zero-order valence-electron chi connectivity index (χ0n) is 39.0. The molecule has 3 heteroatoms. The highest BCUT2D eigenvalue weighted by molar-refractivity contribution is 6.06. The zero-order chi connectivity index (χ0) is 46.3. The van der Waals surface area contributed by atoms with Gasteiger partial charge in [0.1, 0.15) is 22.7 Å². The van der Waals surface area contributed by atoms with Crippen molar-refractivity contribution in [2.45, 2.75) is 43.6 Å². The number of hydrogen-bond acceptors (Lipinski definition) is 3. The Hall–Kier alpha value is -8.40. The van der Waals surface area contributed by atoms with E-state index in [1.165, 1.54) is 72.1 Å². The molecular formula is C67H47NO2. The average molecular weight is 898 g/mol. The normalized spacial score (nSPS) is 16.7. The lowest BCUT2D eigenvalue weighted by molar-refractivity contribution is 0.446. The topological polar surface area (TPSA) is 25.6 Å². The van der Waals surface area contributed by atoms with Gasteiger partial charge in [-0.25, -0.2) is 0 Å². The molecule has 0 amide bonds. The van der Waals surface area contributed by atoms with Gasteiger partial charge in [-0.1, -0.05) is 190 Å². The highest BCUT2D eigenvalue weighted by Crippen LogP contribution is 2.64. The van der Waals surface area contributed by atoms with E-state index < -0.39 is 5.41 Å². The molecule has 0 radical (unpaired) electrons. The van der Waals surface area contributed by atoms with Gasteiger partial charge in [0.2, 0.25) is 0 Å². The lowest BCUT2D eigenvalue weighted by Gasteiger charge is -2.41. The van der Waals surface area contributed by atoms with Crippen LogP contribution in [0.15, 0.2) is 228 Å². The van der Waals surface area contributed by atoms with E-state index in [0.717, 1.165) is 73.9 Å². The molecule has 0 fully saturated rings. The highest BCUT2D eigenvalue weighted by Gasteiger charge is 2.53. The Morgan fingerprint density at radius 3 is 1.80 bits per heavy atom. The monoisotopic (exact) mass is 897 g/mol. The quantitative estimate of drug-likeness (QED) is 0.176. The standard InChI is InChI=1S/C67H47NO2/c1-66(2)56-20-10-7-18-51(56)55-40-47(32-37-57(55)66)68(45-28-23-41(24-29-45)44-25-33-54-53-19-9-12-22-62(53)69-63(54)39-44)46-30-34-52-50-17-8-11-21-58(50)67(59(52)38-31-46)60-35-26-42-13-3-5-15-48(42)64(60)70-65-49-16-6-4-14-43(49)27-36-61(65)67/h3-29,31-33,35-40,46H,30,34H2,1-2H3. The fourth-order valence-corrected chi connectivity index (χ4v) is 13.1. The number of furan rings is 1. The Bertz CT molecular complexity index is 4000. The van der Waals surface area contributed by atoms with Crippen LogP contribution in [-0.2, 0) is 10.8 Å². The number of hydrogen-bond donors (Lipinski definition) is 0. The van der Waals surface area contributed by atoms with Crippen molar-refractivity contribution in [3.63, 3.8) is 0 Å². The van der Waals surface area contributed by atoms with Crippen molar-refractivity contribution >= 4 is 60.4 Å². The van der Waals surface area contributed by atoms with Crippen LogP contribution in [0.4, 0.5) is 11.4 Å². The van der Waals surface area contributed by atoms with E-state index in [9.17, 15) is 0 Å². The van der Waals surface area contributed by atoms with Crippen LogP contribution in [0.3, 0.4) is 0 Å². The molecule has 15 rings (SSSR count). The van der Waals surface area contributed by atoms with Gasteiger partial charge >= 0.3 is 0 Å². The van der Waals surface area contributed by atoms with Crippen molar-refractivity contribution in [3.05, 3.63) is 257 Å². The lowest BCUT2D eigenvalue weighted by Crippen LogP contribution is -2.33. The van der Waals surface area contributed by atoms with Crippen LogP contribution in [0.1, 0.15) is 60.1 Å². The third-order valence-corrected chi connectivity index (χ3v) is 16.4. The molecular weight excluding hydrogens is 851 g/mol. The summed E-state index contributed by atoms with van der Waals surface area (Å²) in [6, 6.07) is 76.2. The predicted octanol–water partition coefficient (Wildman–Crippen LogP) is 17.6. The van der Waals surface area contributed by atoms with Crippen molar-refractivity contribution in [2.75, 3.05) is 4.90 Å². The number of fused-ring (bicyclic) bond motifs is 18. The summed E-state index contributed by atoms with van der Waals surface area (Å²) in [5.74, 6) is 1.89. The SMILES string of the molecule is CC1(C)c2ccccc2-c2cc(N(c3ccc(-c4ccc5c(c4)oc4ccccc45)cc3)C3C=CC4=C(CC3)c3ccccc3C43c4ccc5ccccc5c4Oc4c3ccc3ccccc43)ccc21. The number of para-hydroxylation sites is 1. The minimum Gasteiger partial charge on any atom is -0.456 e. The largest absolute Gasteiger partial charge is 0.456 e. The number of ether oxygens (including phenoxy) is 1. The summed E-state index contributed by atoms with van der Waals surface area (Å²) in [6.07, 6.45) is 6.85. The Balaban J connectivity index is 0.907. The van der Waals surface area contributed by atoms with Gasteiger partial charge in [-0.3, -0.25) is 0 Å². The number of benzene rings is 10. The van der Waals surface area contributed by atoms with Gasteiger partial charge in [0.05, 0.1) is 11.5 Å². The molecule has 4 aliphatic rings.